The highest BCUT2D eigenvalue weighted by molar-refractivity contribution is 5.72. The van der Waals surface area contributed by atoms with E-state index in [9.17, 15) is 0 Å². The second-order valence-electron chi connectivity index (χ2n) is 8.10. The number of hydrogen-bond acceptors (Lipinski definition) is 2. The number of aliphatic imine (C=N–C) groups is 1. The molecule has 0 amide bonds. The van der Waals surface area contributed by atoms with Crippen LogP contribution >= 0.6 is 0 Å². The Hall–Kier alpha value is -2.29. The molecule has 0 aliphatic rings. The van der Waals surface area contributed by atoms with E-state index < -0.39 is 0 Å². The van der Waals surface area contributed by atoms with E-state index in [0.29, 0.717) is 0 Å². The summed E-state index contributed by atoms with van der Waals surface area (Å²) in [6.07, 6.45) is 1.90. The smallest absolute Gasteiger partial charge is 0.0909 e. The van der Waals surface area contributed by atoms with Crippen LogP contribution in [0.2, 0.25) is 0 Å². The molecule has 0 spiro atoms. The Morgan fingerprint density at radius 2 is 1.58 bits per heavy atom. The zero-order valence-electron chi connectivity index (χ0n) is 17.6. The summed E-state index contributed by atoms with van der Waals surface area (Å²) in [6, 6.07) is 13.3. The third kappa shape index (κ3) is 4.66. The van der Waals surface area contributed by atoms with Gasteiger partial charge in [-0.3, -0.25) is 0 Å². The van der Waals surface area contributed by atoms with Gasteiger partial charge in [-0.1, -0.05) is 32.9 Å². The van der Waals surface area contributed by atoms with Gasteiger partial charge < -0.3 is 9.80 Å². The third-order valence-electron chi connectivity index (χ3n) is 4.89. The molecule has 0 aromatic heterocycles. The van der Waals surface area contributed by atoms with Crippen molar-refractivity contribution in [3.63, 3.8) is 0 Å². The van der Waals surface area contributed by atoms with Crippen LogP contribution < -0.4 is 4.90 Å². The molecule has 0 saturated carbocycles. The van der Waals surface area contributed by atoms with E-state index in [0.717, 1.165) is 12.2 Å². The Morgan fingerprint density at radius 1 is 0.962 bits per heavy atom. The molecule has 26 heavy (non-hydrogen) atoms. The van der Waals surface area contributed by atoms with Gasteiger partial charge >= 0.3 is 0 Å². The van der Waals surface area contributed by atoms with Gasteiger partial charge in [0.1, 0.15) is 0 Å². The van der Waals surface area contributed by atoms with Crippen molar-refractivity contribution in [2.75, 3.05) is 25.5 Å². The fraction of sp³-hybridized carbons (Fsp3) is 0.435. The van der Waals surface area contributed by atoms with Crippen LogP contribution in [0, 0.1) is 13.8 Å². The molecule has 0 N–H and O–H groups in total. The molecule has 140 valence electrons. The minimum absolute atomic E-state index is 0.176. The summed E-state index contributed by atoms with van der Waals surface area (Å²) in [6.45, 7) is 14.1. The van der Waals surface area contributed by atoms with E-state index in [4.69, 9.17) is 0 Å². The van der Waals surface area contributed by atoms with Crippen LogP contribution in [0.15, 0.2) is 41.4 Å². The number of aryl methyl sites for hydroxylation is 2. The van der Waals surface area contributed by atoms with Gasteiger partial charge in [0.15, 0.2) is 0 Å². The minimum Gasteiger partial charge on any atom is -0.366 e. The SMILES string of the molecule is CCN(C)C=Nc1cc(C)c(N(C)c2ccc(C(C)(C)C)cc2)cc1C. The molecule has 0 bridgehead atoms. The molecule has 2 aromatic rings. The van der Waals surface area contributed by atoms with E-state index in [1.54, 1.807) is 0 Å². The van der Waals surface area contributed by atoms with Crippen LogP contribution in [0.4, 0.5) is 17.1 Å². The van der Waals surface area contributed by atoms with E-state index in [-0.39, 0.29) is 5.41 Å². The van der Waals surface area contributed by atoms with Crippen molar-refractivity contribution in [3.05, 3.63) is 53.1 Å². The monoisotopic (exact) mass is 351 g/mol. The van der Waals surface area contributed by atoms with Crippen molar-refractivity contribution < 1.29 is 0 Å². The van der Waals surface area contributed by atoms with Crippen molar-refractivity contribution >= 4 is 23.4 Å². The van der Waals surface area contributed by atoms with E-state index in [2.05, 4.69) is 99.8 Å². The van der Waals surface area contributed by atoms with E-state index in [1.807, 2.05) is 13.4 Å². The van der Waals surface area contributed by atoms with Crippen LogP contribution in [0.25, 0.3) is 0 Å². The van der Waals surface area contributed by atoms with Crippen LogP contribution in [-0.4, -0.2) is 31.9 Å². The second-order valence-corrected chi connectivity index (χ2v) is 8.10. The largest absolute Gasteiger partial charge is 0.366 e. The highest BCUT2D eigenvalue weighted by Gasteiger charge is 2.15. The lowest BCUT2D eigenvalue weighted by molar-refractivity contribution is 0.552. The topological polar surface area (TPSA) is 18.8 Å². The molecule has 3 nitrogen and oxygen atoms in total. The molecule has 0 aliphatic carbocycles. The van der Waals surface area contributed by atoms with Gasteiger partial charge in [0.2, 0.25) is 0 Å². The maximum absolute atomic E-state index is 4.63. The van der Waals surface area contributed by atoms with Gasteiger partial charge in [0.25, 0.3) is 0 Å². The highest BCUT2D eigenvalue weighted by atomic mass is 15.1. The van der Waals surface area contributed by atoms with Gasteiger partial charge in [0.05, 0.1) is 12.0 Å². The molecule has 0 atom stereocenters. The average Bonchev–Trinajstić information content (AvgIpc) is 2.60. The minimum atomic E-state index is 0.176. The van der Waals surface area contributed by atoms with Gasteiger partial charge in [0, 0.05) is 32.0 Å². The first-order chi connectivity index (χ1) is 12.1. The van der Waals surface area contributed by atoms with E-state index in [1.165, 1.54) is 28.1 Å². The predicted octanol–water partition coefficient (Wildman–Crippen LogP) is 5.98. The van der Waals surface area contributed by atoms with Crippen molar-refractivity contribution in [3.8, 4) is 0 Å². The highest BCUT2D eigenvalue weighted by Crippen LogP contribution is 2.33. The third-order valence-corrected chi connectivity index (χ3v) is 4.89. The molecule has 3 heteroatoms. The summed E-state index contributed by atoms with van der Waals surface area (Å²) in [5.41, 5.74) is 7.38. The lowest BCUT2D eigenvalue weighted by Gasteiger charge is -2.25. The van der Waals surface area contributed by atoms with E-state index >= 15 is 0 Å². The summed E-state index contributed by atoms with van der Waals surface area (Å²) in [4.78, 5) is 8.96. The second kappa shape index (κ2) is 7.94. The first kappa shape index (κ1) is 20.0. The van der Waals surface area contributed by atoms with Gasteiger partial charge in [-0.15, -0.1) is 0 Å². The summed E-state index contributed by atoms with van der Waals surface area (Å²) in [7, 11) is 4.16. The number of anilines is 2. The van der Waals surface area contributed by atoms with Crippen molar-refractivity contribution in [2.45, 2.75) is 47.0 Å². The van der Waals surface area contributed by atoms with Crippen molar-refractivity contribution in [1.29, 1.82) is 0 Å². The van der Waals surface area contributed by atoms with Crippen LogP contribution in [0.3, 0.4) is 0 Å². The Balaban J connectivity index is 2.30. The molecule has 2 rings (SSSR count). The standard InChI is InChI=1S/C23H33N3/c1-9-25(7)16-24-21-14-18(3)22(15-17(21)2)26(8)20-12-10-19(11-13-20)23(4,5)6/h10-16H,9H2,1-8H3. The maximum Gasteiger partial charge on any atom is 0.0909 e. The number of benzene rings is 2. The Morgan fingerprint density at radius 3 is 2.12 bits per heavy atom. The van der Waals surface area contributed by atoms with Crippen LogP contribution in [-0.2, 0) is 5.41 Å². The lowest BCUT2D eigenvalue weighted by Crippen LogP contribution is -2.14. The molecular weight excluding hydrogens is 318 g/mol. The molecular formula is C23H33N3. The quantitative estimate of drug-likeness (QED) is 0.487. The molecule has 0 heterocycles. The van der Waals surface area contributed by atoms with Crippen molar-refractivity contribution in [2.24, 2.45) is 4.99 Å². The fourth-order valence-electron chi connectivity index (χ4n) is 2.85. The molecule has 2 aromatic carbocycles. The zero-order chi connectivity index (χ0) is 19.5. The fourth-order valence-corrected chi connectivity index (χ4v) is 2.85. The zero-order valence-corrected chi connectivity index (χ0v) is 17.6. The number of nitrogens with zero attached hydrogens (tertiary/aromatic N) is 3. The molecule has 0 aliphatic heterocycles. The number of hydrogen-bond donors (Lipinski definition) is 0. The molecule has 0 saturated heterocycles. The Bertz CT molecular complexity index is 767. The summed E-state index contributed by atoms with van der Waals surface area (Å²) in [5, 5.41) is 0. The first-order valence-corrected chi connectivity index (χ1v) is 9.33. The Kier molecular flexibility index (Phi) is 6.12. The molecule has 0 radical (unpaired) electrons. The lowest BCUT2D eigenvalue weighted by atomic mass is 9.87. The van der Waals surface area contributed by atoms with Crippen molar-refractivity contribution in [1.82, 2.24) is 4.90 Å². The van der Waals surface area contributed by atoms with Crippen LogP contribution in [0.5, 0.6) is 0 Å². The van der Waals surface area contributed by atoms with Gasteiger partial charge in [-0.25, -0.2) is 4.99 Å². The molecule has 0 unspecified atom stereocenters. The normalized spacial score (nSPS) is 11.8. The Labute approximate surface area is 159 Å². The molecule has 0 fully saturated rings. The average molecular weight is 352 g/mol. The number of rotatable bonds is 5. The summed E-state index contributed by atoms with van der Waals surface area (Å²) < 4.78 is 0. The first-order valence-electron chi connectivity index (χ1n) is 9.33. The maximum atomic E-state index is 4.63. The summed E-state index contributed by atoms with van der Waals surface area (Å²) >= 11 is 0. The van der Waals surface area contributed by atoms with Gasteiger partial charge in [-0.2, -0.15) is 0 Å². The summed E-state index contributed by atoms with van der Waals surface area (Å²) in [5.74, 6) is 0. The van der Waals surface area contributed by atoms with Crippen LogP contribution in [0.1, 0.15) is 44.4 Å². The predicted molar refractivity (Wildman–Crippen MR) is 116 cm³/mol. The van der Waals surface area contributed by atoms with Gasteiger partial charge in [-0.05, 0) is 67.1 Å².